The van der Waals surface area contributed by atoms with Crippen molar-refractivity contribution < 1.29 is 13.2 Å². The van der Waals surface area contributed by atoms with E-state index in [0.29, 0.717) is 5.88 Å². The lowest BCUT2D eigenvalue weighted by molar-refractivity contribution is 0.402. The van der Waals surface area contributed by atoms with Gasteiger partial charge in [0.1, 0.15) is 10.6 Å². The minimum atomic E-state index is -3.75. The number of ether oxygens (including phenoxy) is 1. The summed E-state index contributed by atoms with van der Waals surface area (Å²) in [5, 5.41) is 5.15. The van der Waals surface area contributed by atoms with Crippen LogP contribution in [0.3, 0.4) is 0 Å². The molecule has 4 nitrogen and oxygen atoms in total. The predicted octanol–water partition coefficient (Wildman–Crippen LogP) is 2.29. The van der Waals surface area contributed by atoms with Crippen LogP contribution in [-0.4, -0.2) is 21.4 Å². The van der Waals surface area contributed by atoms with Crippen LogP contribution < -0.4 is 9.88 Å². The lowest BCUT2D eigenvalue weighted by Gasteiger charge is -2.09. The number of nitrogens with two attached hydrogens (primary N) is 1. The first kappa shape index (κ1) is 15.3. The molecule has 0 saturated carbocycles. The molecule has 2 N–H and O–H groups in total. The number of methoxy groups -OCH3 is 1. The summed E-state index contributed by atoms with van der Waals surface area (Å²) in [6, 6.07) is 5.07. The van der Waals surface area contributed by atoms with Crippen LogP contribution in [0.25, 0.3) is 0 Å². The average Bonchev–Trinajstić information content (AvgIpc) is 2.33. The largest absolute Gasteiger partial charge is 0.495 e. The lowest BCUT2D eigenvalue weighted by Crippen LogP contribution is -2.13. The Labute approximate surface area is 113 Å². The number of halogens is 1. The summed E-state index contributed by atoms with van der Waals surface area (Å²) in [5.41, 5.74) is 0.939. The second-order valence-corrected chi connectivity index (χ2v) is 5.94. The number of rotatable bonds is 7. The van der Waals surface area contributed by atoms with Gasteiger partial charge in [0.15, 0.2) is 0 Å². The Morgan fingerprint density at radius 2 is 2.00 bits per heavy atom. The SMILES string of the molecule is COc1ccc(CCCCCCl)cc1S(N)(=O)=O. The van der Waals surface area contributed by atoms with Crippen molar-refractivity contribution in [2.45, 2.75) is 30.6 Å². The fraction of sp³-hybridized carbons (Fsp3) is 0.500. The Hall–Kier alpha value is -0.780. The van der Waals surface area contributed by atoms with Gasteiger partial charge < -0.3 is 4.74 Å². The van der Waals surface area contributed by atoms with Crippen LogP contribution in [0.4, 0.5) is 0 Å². The van der Waals surface area contributed by atoms with E-state index < -0.39 is 10.0 Å². The highest BCUT2D eigenvalue weighted by molar-refractivity contribution is 7.89. The number of aryl methyl sites for hydroxylation is 1. The van der Waals surface area contributed by atoms with Crippen molar-refractivity contribution in [2.75, 3.05) is 13.0 Å². The van der Waals surface area contributed by atoms with Crippen LogP contribution in [0.1, 0.15) is 24.8 Å². The van der Waals surface area contributed by atoms with Crippen LogP contribution in [0.15, 0.2) is 23.1 Å². The van der Waals surface area contributed by atoms with Crippen molar-refractivity contribution in [3.8, 4) is 5.75 Å². The number of hydrogen-bond donors (Lipinski definition) is 1. The van der Waals surface area contributed by atoms with E-state index >= 15 is 0 Å². The Morgan fingerprint density at radius 1 is 1.28 bits per heavy atom. The van der Waals surface area contributed by atoms with Gasteiger partial charge in [-0.25, -0.2) is 13.6 Å². The molecule has 0 atom stereocenters. The summed E-state index contributed by atoms with van der Waals surface area (Å²) in [6.07, 6.45) is 3.78. The summed E-state index contributed by atoms with van der Waals surface area (Å²) in [4.78, 5) is 0.0415. The molecular weight excluding hydrogens is 274 g/mol. The summed E-state index contributed by atoms with van der Waals surface area (Å²) in [6.45, 7) is 0. The molecule has 0 bridgehead atoms. The van der Waals surface area contributed by atoms with E-state index in [9.17, 15) is 8.42 Å². The maximum absolute atomic E-state index is 11.4. The molecule has 0 amide bonds. The second-order valence-electron chi connectivity index (χ2n) is 4.03. The van der Waals surface area contributed by atoms with Gasteiger partial charge in [0, 0.05) is 5.88 Å². The molecular formula is C12H18ClNO3S. The lowest BCUT2D eigenvalue weighted by atomic mass is 10.1. The first-order valence-electron chi connectivity index (χ1n) is 5.74. The van der Waals surface area contributed by atoms with E-state index in [4.69, 9.17) is 21.5 Å². The zero-order chi connectivity index (χ0) is 13.6. The molecule has 0 heterocycles. The summed E-state index contributed by atoms with van der Waals surface area (Å²) < 4.78 is 27.8. The first-order valence-corrected chi connectivity index (χ1v) is 7.83. The van der Waals surface area contributed by atoms with E-state index in [1.54, 1.807) is 12.1 Å². The molecule has 0 fully saturated rings. The van der Waals surface area contributed by atoms with Crippen molar-refractivity contribution in [2.24, 2.45) is 5.14 Å². The molecule has 0 unspecified atom stereocenters. The Kier molecular flexibility index (Phi) is 5.91. The number of primary sulfonamides is 1. The fourth-order valence-corrected chi connectivity index (χ4v) is 2.64. The smallest absolute Gasteiger partial charge is 0.241 e. The number of unbranched alkanes of at least 4 members (excludes halogenated alkanes) is 2. The van der Waals surface area contributed by atoms with Gasteiger partial charge in [0.25, 0.3) is 0 Å². The van der Waals surface area contributed by atoms with Crippen LogP contribution in [-0.2, 0) is 16.4 Å². The maximum atomic E-state index is 11.4. The quantitative estimate of drug-likeness (QED) is 0.619. The third kappa shape index (κ3) is 4.48. The Bertz CT molecular complexity index is 488. The summed E-state index contributed by atoms with van der Waals surface area (Å²) >= 11 is 5.60. The highest BCUT2D eigenvalue weighted by atomic mass is 35.5. The summed E-state index contributed by atoms with van der Waals surface area (Å²) in [7, 11) is -2.33. The monoisotopic (exact) mass is 291 g/mol. The topological polar surface area (TPSA) is 69.4 Å². The van der Waals surface area contributed by atoms with E-state index in [2.05, 4.69) is 0 Å². The van der Waals surface area contributed by atoms with Gasteiger partial charge in [-0.2, -0.15) is 0 Å². The Balaban J connectivity index is 2.84. The normalized spacial score (nSPS) is 11.5. The molecule has 0 aliphatic heterocycles. The third-order valence-electron chi connectivity index (χ3n) is 2.63. The number of hydrogen-bond acceptors (Lipinski definition) is 3. The molecule has 6 heteroatoms. The fourth-order valence-electron chi connectivity index (χ4n) is 1.70. The van der Waals surface area contributed by atoms with Crippen LogP contribution in [0, 0.1) is 0 Å². The molecule has 102 valence electrons. The number of benzene rings is 1. The molecule has 1 aromatic carbocycles. The van der Waals surface area contributed by atoms with Gasteiger partial charge in [0.05, 0.1) is 7.11 Å². The van der Waals surface area contributed by atoms with Gasteiger partial charge in [-0.3, -0.25) is 0 Å². The molecule has 0 spiro atoms. The van der Waals surface area contributed by atoms with Crippen molar-refractivity contribution >= 4 is 21.6 Å². The zero-order valence-electron chi connectivity index (χ0n) is 10.4. The standard InChI is InChI=1S/C12H18ClNO3S/c1-17-11-7-6-10(5-3-2-4-8-13)9-12(11)18(14,15)16/h6-7,9H,2-5,8H2,1H3,(H2,14,15,16). The average molecular weight is 292 g/mol. The minimum Gasteiger partial charge on any atom is -0.495 e. The molecule has 0 aliphatic carbocycles. The number of alkyl halides is 1. The van der Waals surface area contributed by atoms with Gasteiger partial charge in [-0.15, -0.1) is 11.6 Å². The van der Waals surface area contributed by atoms with Crippen molar-refractivity contribution in [1.29, 1.82) is 0 Å². The molecule has 18 heavy (non-hydrogen) atoms. The van der Waals surface area contributed by atoms with E-state index in [-0.39, 0.29) is 10.6 Å². The predicted molar refractivity (Wildman–Crippen MR) is 72.6 cm³/mol. The second kappa shape index (κ2) is 6.97. The Morgan fingerprint density at radius 3 is 2.56 bits per heavy atom. The van der Waals surface area contributed by atoms with Gasteiger partial charge in [-0.05, 0) is 37.0 Å². The molecule has 1 aromatic rings. The molecule has 0 aromatic heterocycles. The molecule has 1 rings (SSSR count). The van der Waals surface area contributed by atoms with Gasteiger partial charge >= 0.3 is 0 Å². The first-order chi connectivity index (χ1) is 8.49. The highest BCUT2D eigenvalue weighted by Crippen LogP contribution is 2.24. The van der Waals surface area contributed by atoms with Crippen LogP contribution in [0.5, 0.6) is 5.75 Å². The van der Waals surface area contributed by atoms with Crippen LogP contribution in [0.2, 0.25) is 0 Å². The maximum Gasteiger partial charge on any atom is 0.241 e. The number of sulfonamides is 1. The van der Waals surface area contributed by atoms with Gasteiger partial charge in [0.2, 0.25) is 10.0 Å². The molecule has 0 aliphatic rings. The van der Waals surface area contributed by atoms with E-state index in [0.717, 1.165) is 31.2 Å². The van der Waals surface area contributed by atoms with Crippen molar-refractivity contribution in [3.05, 3.63) is 23.8 Å². The third-order valence-corrected chi connectivity index (χ3v) is 3.83. The molecule has 0 saturated heterocycles. The highest BCUT2D eigenvalue weighted by Gasteiger charge is 2.15. The van der Waals surface area contributed by atoms with E-state index in [1.807, 2.05) is 6.07 Å². The van der Waals surface area contributed by atoms with Crippen LogP contribution >= 0.6 is 11.6 Å². The van der Waals surface area contributed by atoms with Crippen molar-refractivity contribution in [3.63, 3.8) is 0 Å². The minimum absolute atomic E-state index is 0.0415. The van der Waals surface area contributed by atoms with E-state index in [1.165, 1.54) is 7.11 Å². The summed E-state index contributed by atoms with van der Waals surface area (Å²) in [5.74, 6) is 0.937. The van der Waals surface area contributed by atoms with Crippen molar-refractivity contribution in [1.82, 2.24) is 0 Å². The molecule has 0 radical (unpaired) electrons. The zero-order valence-corrected chi connectivity index (χ0v) is 11.9. The van der Waals surface area contributed by atoms with Gasteiger partial charge in [-0.1, -0.05) is 12.5 Å².